The molecule has 1 aromatic carbocycles. The lowest BCUT2D eigenvalue weighted by Crippen LogP contribution is -2.13. The standard InChI is InChI=1S/C13H17NO2S/c1-5-12-10(3)11-8-6-7-9(2)13(11)14(12)17(4,15)16/h6-8H,5H2,1-4H3. The van der Waals surface area contributed by atoms with Gasteiger partial charge >= 0.3 is 0 Å². The van der Waals surface area contributed by atoms with Crippen LogP contribution in [0, 0.1) is 13.8 Å². The number of nitrogens with zero attached hydrogens (tertiary/aromatic N) is 1. The summed E-state index contributed by atoms with van der Waals surface area (Å²) < 4.78 is 25.4. The van der Waals surface area contributed by atoms with Crippen molar-refractivity contribution in [2.24, 2.45) is 0 Å². The number of fused-ring (bicyclic) bond motifs is 1. The minimum absolute atomic E-state index is 0.715. The summed E-state index contributed by atoms with van der Waals surface area (Å²) in [6, 6.07) is 5.90. The molecule has 3 nitrogen and oxygen atoms in total. The molecule has 0 amide bonds. The fourth-order valence-electron chi connectivity index (χ4n) is 2.45. The van der Waals surface area contributed by atoms with E-state index in [0.29, 0.717) is 6.42 Å². The van der Waals surface area contributed by atoms with Crippen molar-refractivity contribution in [2.45, 2.75) is 27.2 Å². The van der Waals surface area contributed by atoms with Gasteiger partial charge in [-0.05, 0) is 31.4 Å². The van der Waals surface area contributed by atoms with E-state index in [2.05, 4.69) is 0 Å². The van der Waals surface area contributed by atoms with Crippen LogP contribution < -0.4 is 0 Å². The topological polar surface area (TPSA) is 39.1 Å². The molecule has 0 fully saturated rings. The van der Waals surface area contributed by atoms with Gasteiger partial charge in [0.25, 0.3) is 0 Å². The maximum atomic E-state index is 12.0. The van der Waals surface area contributed by atoms with E-state index in [1.54, 1.807) is 0 Å². The fourth-order valence-corrected chi connectivity index (χ4v) is 3.69. The molecule has 0 aliphatic carbocycles. The first-order chi connectivity index (χ1) is 7.88. The average molecular weight is 251 g/mol. The van der Waals surface area contributed by atoms with Gasteiger partial charge < -0.3 is 0 Å². The van der Waals surface area contributed by atoms with Crippen molar-refractivity contribution in [3.05, 3.63) is 35.0 Å². The molecular weight excluding hydrogens is 234 g/mol. The van der Waals surface area contributed by atoms with Crippen LogP contribution in [0.15, 0.2) is 18.2 Å². The number of rotatable bonds is 2. The highest BCUT2D eigenvalue weighted by molar-refractivity contribution is 7.89. The first-order valence-electron chi connectivity index (χ1n) is 5.68. The second-order valence-electron chi connectivity index (χ2n) is 4.42. The number of aryl methyl sites for hydroxylation is 2. The van der Waals surface area contributed by atoms with Gasteiger partial charge in [-0.2, -0.15) is 0 Å². The predicted octanol–water partition coefficient (Wildman–Crippen LogP) is 2.63. The smallest absolute Gasteiger partial charge is 0.236 e. The highest BCUT2D eigenvalue weighted by Gasteiger charge is 2.19. The highest BCUT2D eigenvalue weighted by Crippen LogP contribution is 2.29. The van der Waals surface area contributed by atoms with Crippen LogP contribution in [-0.2, 0) is 16.4 Å². The molecule has 0 atom stereocenters. The van der Waals surface area contributed by atoms with Crippen molar-refractivity contribution in [1.82, 2.24) is 3.97 Å². The lowest BCUT2D eigenvalue weighted by atomic mass is 10.1. The normalized spacial score (nSPS) is 12.2. The van der Waals surface area contributed by atoms with Crippen molar-refractivity contribution < 1.29 is 8.42 Å². The number of hydrogen-bond donors (Lipinski definition) is 0. The Morgan fingerprint density at radius 1 is 1.24 bits per heavy atom. The van der Waals surface area contributed by atoms with Crippen molar-refractivity contribution in [1.29, 1.82) is 0 Å². The Balaban J connectivity index is 3.08. The third-order valence-electron chi connectivity index (χ3n) is 3.19. The first-order valence-corrected chi connectivity index (χ1v) is 7.52. The van der Waals surface area contributed by atoms with Crippen LogP contribution in [0.25, 0.3) is 10.9 Å². The van der Waals surface area contributed by atoms with Crippen molar-refractivity contribution in [3.8, 4) is 0 Å². The van der Waals surface area contributed by atoms with Crippen molar-refractivity contribution in [2.75, 3.05) is 6.26 Å². The summed E-state index contributed by atoms with van der Waals surface area (Å²) in [5.41, 5.74) is 3.77. The summed E-state index contributed by atoms with van der Waals surface area (Å²) >= 11 is 0. The Bertz CT molecular complexity index is 681. The molecule has 0 aliphatic heterocycles. The molecule has 92 valence electrons. The molecule has 0 aliphatic rings. The summed E-state index contributed by atoms with van der Waals surface area (Å²) in [5.74, 6) is 0. The fraction of sp³-hybridized carbons (Fsp3) is 0.385. The number of para-hydroxylation sites is 1. The predicted molar refractivity (Wildman–Crippen MR) is 71.0 cm³/mol. The third kappa shape index (κ3) is 1.76. The van der Waals surface area contributed by atoms with Crippen LogP contribution in [-0.4, -0.2) is 18.6 Å². The maximum absolute atomic E-state index is 12.0. The first kappa shape index (κ1) is 12.2. The lowest BCUT2D eigenvalue weighted by Gasteiger charge is -2.08. The average Bonchev–Trinajstić information content (AvgIpc) is 2.53. The third-order valence-corrected chi connectivity index (χ3v) is 4.26. The van der Waals surface area contributed by atoms with E-state index < -0.39 is 10.0 Å². The zero-order chi connectivity index (χ0) is 12.8. The Hall–Kier alpha value is -1.29. The molecule has 0 N–H and O–H groups in total. The number of aromatic nitrogens is 1. The van der Waals surface area contributed by atoms with E-state index in [4.69, 9.17) is 0 Å². The van der Waals surface area contributed by atoms with Gasteiger partial charge in [-0.3, -0.25) is 0 Å². The van der Waals surface area contributed by atoms with E-state index in [-0.39, 0.29) is 0 Å². The van der Waals surface area contributed by atoms with Gasteiger partial charge in [-0.1, -0.05) is 25.1 Å². The lowest BCUT2D eigenvalue weighted by molar-refractivity contribution is 0.593. The monoisotopic (exact) mass is 251 g/mol. The largest absolute Gasteiger partial charge is 0.242 e. The Kier molecular flexibility index (Phi) is 2.78. The SMILES string of the molecule is CCc1c(C)c2cccc(C)c2n1S(C)(=O)=O. The maximum Gasteiger partial charge on any atom is 0.236 e. The van der Waals surface area contributed by atoms with Crippen LogP contribution in [0.5, 0.6) is 0 Å². The minimum atomic E-state index is -3.26. The van der Waals surface area contributed by atoms with Crippen LogP contribution in [0.1, 0.15) is 23.7 Å². The summed E-state index contributed by atoms with van der Waals surface area (Å²) in [4.78, 5) is 0. The van der Waals surface area contributed by atoms with E-state index in [9.17, 15) is 8.42 Å². The quantitative estimate of drug-likeness (QED) is 0.823. The van der Waals surface area contributed by atoms with E-state index in [1.165, 1.54) is 10.2 Å². The molecule has 0 unspecified atom stereocenters. The summed E-state index contributed by atoms with van der Waals surface area (Å²) in [6.45, 7) is 5.92. The zero-order valence-electron chi connectivity index (χ0n) is 10.6. The van der Waals surface area contributed by atoms with Gasteiger partial charge in [0.1, 0.15) is 0 Å². The molecule has 0 saturated heterocycles. The van der Waals surface area contributed by atoms with Crippen LogP contribution in [0.4, 0.5) is 0 Å². The second-order valence-corrected chi connectivity index (χ2v) is 6.25. The molecule has 0 radical (unpaired) electrons. The molecule has 0 bridgehead atoms. The van der Waals surface area contributed by atoms with Gasteiger partial charge in [-0.25, -0.2) is 12.4 Å². The van der Waals surface area contributed by atoms with Gasteiger partial charge in [-0.15, -0.1) is 0 Å². The summed E-state index contributed by atoms with van der Waals surface area (Å²) in [5, 5.41) is 1.03. The number of benzene rings is 1. The molecule has 4 heteroatoms. The van der Waals surface area contributed by atoms with E-state index in [1.807, 2.05) is 39.0 Å². The molecule has 2 aromatic rings. The second kappa shape index (κ2) is 3.88. The molecule has 1 aromatic heterocycles. The van der Waals surface area contributed by atoms with Crippen LogP contribution >= 0.6 is 0 Å². The van der Waals surface area contributed by atoms with E-state index >= 15 is 0 Å². The van der Waals surface area contributed by atoms with Crippen LogP contribution in [0.3, 0.4) is 0 Å². The van der Waals surface area contributed by atoms with Gasteiger partial charge in [0.15, 0.2) is 0 Å². The Labute approximate surface area is 102 Å². The molecular formula is C13H17NO2S. The highest BCUT2D eigenvalue weighted by atomic mass is 32.2. The van der Waals surface area contributed by atoms with Gasteiger partial charge in [0.2, 0.25) is 10.0 Å². The molecule has 0 spiro atoms. The van der Waals surface area contributed by atoms with Gasteiger partial charge in [0, 0.05) is 11.1 Å². The number of hydrogen-bond acceptors (Lipinski definition) is 2. The Morgan fingerprint density at radius 2 is 1.88 bits per heavy atom. The summed E-state index contributed by atoms with van der Waals surface area (Å²) in [7, 11) is -3.26. The minimum Gasteiger partial charge on any atom is -0.242 e. The molecule has 1 heterocycles. The Morgan fingerprint density at radius 3 is 2.41 bits per heavy atom. The summed E-state index contributed by atoms with van der Waals surface area (Å²) in [6.07, 6.45) is 1.98. The van der Waals surface area contributed by atoms with Crippen LogP contribution in [0.2, 0.25) is 0 Å². The molecule has 2 rings (SSSR count). The van der Waals surface area contributed by atoms with Gasteiger partial charge in [0.05, 0.1) is 11.8 Å². The van der Waals surface area contributed by atoms with E-state index in [0.717, 1.165) is 27.7 Å². The molecule has 17 heavy (non-hydrogen) atoms. The molecule has 0 saturated carbocycles. The van der Waals surface area contributed by atoms with Crippen molar-refractivity contribution >= 4 is 20.9 Å². The zero-order valence-corrected chi connectivity index (χ0v) is 11.4. The van der Waals surface area contributed by atoms with Crippen molar-refractivity contribution in [3.63, 3.8) is 0 Å².